The molecule has 23 heavy (non-hydrogen) atoms. The van der Waals surface area contributed by atoms with E-state index < -0.39 is 0 Å². The Balaban J connectivity index is 0.00000264. The van der Waals surface area contributed by atoms with E-state index >= 15 is 0 Å². The molecule has 1 unspecified atom stereocenters. The third-order valence-electron chi connectivity index (χ3n) is 3.66. The lowest BCUT2D eigenvalue weighted by Gasteiger charge is -2.22. The minimum absolute atomic E-state index is 0. The summed E-state index contributed by atoms with van der Waals surface area (Å²) in [7, 11) is 0. The minimum atomic E-state index is -0.0980. The van der Waals surface area contributed by atoms with Crippen LogP contribution in [0.4, 0.5) is 11.4 Å². The Hall–Kier alpha value is -1.59. The Morgan fingerprint density at radius 1 is 1.13 bits per heavy atom. The molecule has 1 fully saturated rings. The van der Waals surface area contributed by atoms with Gasteiger partial charge < -0.3 is 16.0 Å². The van der Waals surface area contributed by atoms with Crippen LogP contribution < -0.4 is 16.0 Å². The summed E-state index contributed by atoms with van der Waals surface area (Å²) >= 11 is 0. The second-order valence-corrected chi connectivity index (χ2v) is 6.22. The molecular formula is C17H26ClN3O2. The van der Waals surface area contributed by atoms with Crippen LogP contribution in [-0.4, -0.2) is 24.4 Å². The van der Waals surface area contributed by atoms with Crippen LogP contribution in [0.1, 0.15) is 39.5 Å². The van der Waals surface area contributed by atoms with E-state index in [0.717, 1.165) is 37.2 Å². The van der Waals surface area contributed by atoms with Crippen molar-refractivity contribution in [1.29, 1.82) is 0 Å². The van der Waals surface area contributed by atoms with Gasteiger partial charge in [-0.15, -0.1) is 12.4 Å². The zero-order valence-corrected chi connectivity index (χ0v) is 14.5. The lowest BCUT2D eigenvalue weighted by molar-refractivity contribution is -0.119. The van der Waals surface area contributed by atoms with Crippen molar-refractivity contribution in [2.24, 2.45) is 5.92 Å². The molecule has 128 valence electrons. The molecule has 1 atom stereocenters. The third-order valence-corrected chi connectivity index (χ3v) is 3.66. The van der Waals surface area contributed by atoms with Crippen LogP contribution >= 0.6 is 12.4 Å². The number of halogens is 1. The Kier molecular flexibility index (Phi) is 8.06. The van der Waals surface area contributed by atoms with Gasteiger partial charge in [-0.3, -0.25) is 9.59 Å². The highest BCUT2D eigenvalue weighted by atomic mass is 35.5. The molecule has 0 radical (unpaired) electrons. The number of anilines is 2. The SMILES string of the molecule is CC(C)CC(=O)Nc1ccc(NC(=O)C2CCCCN2)cc1.Cl. The quantitative estimate of drug-likeness (QED) is 0.771. The van der Waals surface area contributed by atoms with Crippen LogP contribution in [0.25, 0.3) is 0 Å². The highest BCUT2D eigenvalue weighted by Crippen LogP contribution is 2.16. The molecule has 0 saturated carbocycles. The molecule has 2 amide bonds. The second-order valence-electron chi connectivity index (χ2n) is 6.22. The van der Waals surface area contributed by atoms with Gasteiger partial charge in [0.25, 0.3) is 0 Å². The minimum Gasteiger partial charge on any atom is -0.326 e. The van der Waals surface area contributed by atoms with Gasteiger partial charge in [0.05, 0.1) is 6.04 Å². The van der Waals surface area contributed by atoms with E-state index in [1.807, 2.05) is 38.1 Å². The van der Waals surface area contributed by atoms with Crippen LogP contribution in [0.3, 0.4) is 0 Å². The maximum absolute atomic E-state index is 12.1. The predicted molar refractivity (Wildman–Crippen MR) is 96.0 cm³/mol. The van der Waals surface area contributed by atoms with Crippen molar-refractivity contribution in [2.45, 2.75) is 45.6 Å². The lowest BCUT2D eigenvalue weighted by atomic mass is 10.0. The Morgan fingerprint density at radius 3 is 2.26 bits per heavy atom. The fraction of sp³-hybridized carbons (Fsp3) is 0.529. The van der Waals surface area contributed by atoms with Crippen LogP contribution in [0.2, 0.25) is 0 Å². The summed E-state index contributed by atoms with van der Waals surface area (Å²) in [6.07, 6.45) is 3.61. The molecule has 1 heterocycles. The second kappa shape index (κ2) is 9.53. The summed E-state index contributed by atoms with van der Waals surface area (Å²) in [5.74, 6) is 0.357. The third kappa shape index (κ3) is 6.59. The van der Waals surface area contributed by atoms with Gasteiger partial charge in [-0.05, 0) is 49.6 Å². The van der Waals surface area contributed by atoms with Gasteiger partial charge in [0.2, 0.25) is 11.8 Å². The van der Waals surface area contributed by atoms with Crippen LogP contribution in [0.5, 0.6) is 0 Å². The molecule has 1 aromatic carbocycles. The molecule has 5 nitrogen and oxygen atoms in total. The molecule has 6 heteroatoms. The van der Waals surface area contributed by atoms with Gasteiger partial charge in [0, 0.05) is 17.8 Å². The number of hydrogen-bond acceptors (Lipinski definition) is 3. The molecule has 0 aliphatic carbocycles. The zero-order chi connectivity index (χ0) is 15.9. The molecule has 0 spiro atoms. The van der Waals surface area contributed by atoms with E-state index in [9.17, 15) is 9.59 Å². The van der Waals surface area contributed by atoms with Crippen molar-refractivity contribution in [1.82, 2.24) is 5.32 Å². The van der Waals surface area contributed by atoms with Gasteiger partial charge in [-0.1, -0.05) is 20.3 Å². The summed E-state index contributed by atoms with van der Waals surface area (Å²) < 4.78 is 0. The molecule has 0 bridgehead atoms. The molecule has 0 aromatic heterocycles. The maximum atomic E-state index is 12.1. The van der Waals surface area contributed by atoms with Crippen LogP contribution in [0, 0.1) is 5.92 Å². The first-order valence-electron chi connectivity index (χ1n) is 7.99. The van der Waals surface area contributed by atoms with Crippen molar-refractivity contribution in [3.63, 3.8) is 0 Å². The Labute approximate surface area is 144 Å². The highest BCUT2D eigenvalue weighted by Gasteiger charge is 2.20. The topological polar surface area (TPSA) is 70.2 Å². The number of piperidine rings is 1. The predicted octanol–water partition coefficient (Wildman–Crippen LogP) is 3.17. The van der Waals surface area contributed by atoms with Crippen molar-refractivity contribution in [3.8, 4) is 0 Å². The van der Waals surface area contributed by atoms with Crippen LogP contribution in [0.15, 0.2) is 24.3 Å². The monoisotopic (exact) mass is 339 g/mol. The molecule has 3 N–H and O–H groups in total. The van der Waals surface area contributed by atoms with E-state index in [1.165, 1.54) is 0 Å². The zero-order valence-electron chi connectivity index (χ0n) is 13.7. The average molecular weight is 340 g/mol. The molecule has 1 aliphatic rings. The number of carbonyl (C=O) groups excluding carboxylic acids is 2. The lowest BCUT2D eigenvalue weighted by Crippen LogP contribution is -2.43. The van der Waals surface area contributed by atoms with E-state index in [-0.39, 0.29) is 30.3 Å². The van der Waals surface area contributed by atoms with Crippen molar-refractivity contribution < 1.29 is 9.59 Å². The fourth-order valence-electron chi connectivity index (χ4n) is 2.52. The van der Waals surface area contributed by atoms with E-state index in [2.05, 4.69) is 16.0 Å². The number of amides is 2. The number of carbonyl (C=O) groups is 2. The molecule has 1 saturated heterocycles. The maximum Gasteiger partial charge on any atom is 0.241 e. The summed E-state index contributed by atoms with van der Waals surface area (Å²) in [5.41, 5.74) is 1.50. The van der Waals surface area contributed by atoms with E-state index in [4.69, 9.17) is 0 Å². The van der Waals surface area contributed by atoms with Crippen molar-refractivity contribution in [2.75, 3.05) is 17.2 Å². The van der Waals surface area contributed by atoms with Crippen molar-refractivity contribution in [3.05, 3.63) is 24.3 Å². The van der Waals surface area contributed by atoms with E-state index in [0.29, 0.717) is 12.3 Å². The normalized spacial score (nSPS) is 17.3. The fourth-order valence-corrected chi connectivity index (χ4v) is 2.52. The van der Waals surface area contributed by atoms with E-state index in [1.54, 1.807) is 0 Å². The van der Waals surface area contributed by atoms with Gasteiger partial charge in [-0.25, -0.2) is 0 Å². The first-order valence-corrected chi connectivity index (χ1v) is 7.99. The van der Waals surface area contributed by atoms with Gasteiger partial charge in [0.15, 0.2) is 0 Å². The summed E-state index contributed by atoms with van der Waals surface area (Å²) in [5, 5.41) is 8.99. The molecule has 1 aromatic rings. The summed E-state index contributed by atoms with van der Waals surface area (Å²) in [6.45, 7) is 4.92. The highest BCUT2D eigenvalue weighted by molar-refractivity contribution is 5.95. The number of nitrogens with one attached hydrogen (secondary N) is 3. The first kappa shape index (κ1) is 19.5. The summed E-state index contributed by atoms with van der Waals surface area (Å²) in [6, 6.07) is 7.14. The largest absolute Gasteiger partial charge is 0.326 e. The first-order chi connectivity index (χ1) is 10.5. The van der Waals surface area contributed by atoms with Crippen molar-refractivity contribution >= 4 is 35.6 Å². The number of hydrogen-bond donors (Lipinski definition) is 3. The number of benzene rings is 1. The standard InChI is InChI=1S/C17H25N3O2.ClH/c1-12(2)11-16(21)19-13-6-8-14(9-7-13)20-17(22)15-5-3-4-10-18-15;/h6-9,12,15,18H,3-5,10-11H2,1-2H3,(H,19,21)(H,20,22);1H. The van der Waals surface area contributed by atoms with Gasteiger partial charge in [0.1, 0.15) is 0 Å². The Bertz CT molecular complexity index is 511. The number of rotatable bonds is 5. The Morgan fingerprint density at radius 2 is 1.74 bits per heavy atom. The molecule has 1 aliphatic heterocycles. The average Bonchev–Trinajstić information content (AvgIpc) is 2.49. The molecular weight excluding hydrogens is 314 g/mol. The van der Waals surface area contributed by atoms with Gasteiger partial charge in [-0.2, -0.15) is 0 Å². The smallest absolute Gasteiger partial charge is 0.241 e. The van der Waals surface area contributed by atoms with Gasteiger partial charge >= 0.3 is 0 Å². The van der Waals surface area contributed by atoms with Crippen LogP contribution in [-0.2, 0) is 9.59 Å². The molecule has 2 rings (SSSR count). The summed E-state index contributed by atoms with van der Waals surface area (Å²) in [4.78, 5) is 23.8.